The highest BCUT2D eigenvalue weighted by Gasteiger charge is 2.23. The number of carbonyl (C=O) groups excluding carboxylic acids is 2. The summed E-state index contributed by atoms with van der Waals surface area (Å²) in [5, 5.41) is 2.91. The molecule has 0 aromatic heterocycles. The smallest absolute Gasteiger partial charge is 0.344 e. The molecule has 6 nitrogen and oxygen atoms in total. The van der Waals surface area contributed by atoms with Crippen molar-refractivity contribution in [2.75, 3.05) is 13.7 Å². The number of hydrogen-bond acceptors (Lipinski definition) is 5. The van der Waals surface area contributed by atoms with Crippen molar-refractivity contribution in [1.82, 2.24) is 5.32 Å². The molecule has 26 heavy (non-hydrogen) atoms. The van der Waals surface area contributed by atoms with E-state index < -0.39 is 12.1 Å². The second-order valence-electron chi connectivity index (χ2n) is 6.32. The van der Waals surface area contributed by atoms with E-state index in [0.717, 1.165) is 31.2 Å². The second kappa shape index (κ2) is 9.85. The normalized spacial score (nSPS) is 15.7. The first-order valence-corrected chi connectivity index (χ1v) is 8.97. The van der Waals surface area contributed by atoms with Gasteiger partial charge in [0.15, 0.2) is 24.2 Å². The predicted molar refractivity (Wildman–Crippen MR) is 99.1 cm³/mol. The maximum atomic E-state index is 12.1. The van der Waals surface area contributed by atoms with E-state index in [-0.39, 0.29) is 18.6 Å². The van der Waals surface area contributed by atoms with E-state index in [0.29, 0.717) is 11.5 Å². The van der Waals surface area contributed by atoms with Gasteiger partial charge in [0, 0.05) is 6.04 Å². The second-order valence-corrected chi connectivity index (χ2v) is 6.32. The summed E-state index contributed by atoms with van der Waals surface area (Å²) in [6.07, 6.45) is 7.24. The highest BCUT2D eigenvalue weighted by Crippen LogP contribution is 2.28. The molecule has 1 N–H and O–H groups in total. The Kier molecular flexibility index (Phi) is 7.51. The van der Waals surface area contributed by atoms with Crippen molar-refractivity contribution in [3.8, 4) is 11.5 Å². The Morgan fingerprint density at radius 3 is 2.65 bits per heavy atom. The Hall–Kier alpha value is -2.50. The SMILES string of the molecule is C/C=C/c1ccc(OCC(=O)O[C@@H](C)C(=O)NC2CCCC2)c(OC)c1. The molecule has 1 aromatic rings. The van der Waals surface area contributed by atoms with Crippen LogP contribution < -0.4 is 14.8 Å². The maximum absolute atomic E-state index is 12.1. The Morgan fingerprint density at radius 2 is 2.00 bits per heavy atom. The molecule has 1 atom stereocenters. The van der Waals surface area contributed by atoms with Crippen LogP contribution in [-0.2, 0) is 14.3 Å². The molecule has 0 saturated heterocycles. The zero-order valence-corrected chi connectivity index (χ0v) is 15.6. The van der Waals surface area contributed by atoms with Crippen molar-refractivity contribution in [2.24, 2.45) is 0 Å². The molecular weight excluding hydrogens is 334 g/mol. The molecule has 0 radical (unpaired) electrons. The van der Waals surface area contributed by atoms with Crippen LogP contribution in [-0.4, -0.2) is 37.7 Å². The molecule has 0 spiro atoms. The number of rotatable bonds is 8. The van der Waals surface area contributed by atoms with Gasteiger partial charge in [0.25, 0.3) is 5.91 Å². The molecule has 1 aliphatic rings. The van der Waals surface area contributed by atoms with E-state index in [1.165, 1.54) is 7.11 Å². The molecule has 142 valence electrons. The van der Waals surface area contributed by atoms with Crippen molar-refractivity contribution in [3.63, 3.8) is 0 Å². The summed E-state index contributed by atoms with van der Waals surface area (Å²) in [6, 6.07) is 5.61. The van der Waals surface area contributed by atoms with Crippen molar-refractivity contribution < 1.29 is 23.8 Å². The number of ether oxygens (including phenoxy) is 3. The number of methoxy groups -OCH3 is 1. The number of amides is 1. The molecule has 1 aliphatic carbocycles. The lowest BCUT2D eigenvalue weighted by molar-refractivity contribution is -0.156. The van der Waals surface area contributed by atoms with Gasteiger partial charge in [0.2, 0.25) is 0 Å². The minimum Gasteiger partial charge on any atom is -0.493 e. The zero-order chi connectivity index (χ0) is 18.9. The molecule has 2 rings (SSSR count). The molecule has 0 unspecified atom stereocenters. The fourth-order valence-electron chi connectivity index (χ4n) is 2.91. The van der Waals surface area contributed by atoms with E-state index in [1.54, 1.807) is 13.0 Å². The lowest BCUT2D eigenvalue weighted by Crippen LogP contribution is -2.41. The lowest BCUT2D eigenvalue weighted by Gasteiger charge is -2.17. The van der Waals surface area contributed by atoms with Gasteiger partial charge in [-0.1, -0.05) is 31.1 Å². The van der Waals surface area contributed by atoms with Gasteiger partial charge in [-0.2, -0.15) is 0 Å². The van der Waals surface area contributed by atoms with Gasteiger partial charge >= 0.3 is 5.97 Å². The van der Waals surface area contributed by atoms with Crippen LogP contribution in [0, 0.1) is 0 Å². The quantitative estimate of drug-likeness (QED) is 0.720. The van der Waals surface area contributed by atoms with E-state index in [2.05, 4.69) is 5.32 Å². The average Bonchev–Trinajstić information content (AvgIpc) is 3.13. The third-order valence-electron chi connectivity index (χ3n) is 4.27. The third-order valence-corrected chi connectivity index (χ3v) is 4.27. The van der Waals surface area contributed by atoms with Gasteiger partial charge in [-0.15, -0.1) is 0 Å². The largest absolute Gasteiger partial charge is 0.493 e. The Bertz CT molecular complexity index is 650. The molecular formula is C20H27NO5. The average molecular weight is 361 g/mol. The molecule has 0 aliphatic heterocycles. The van der Waals surface area contributed by atoms with E-state index in [9.17, 15) is 9.59 Å². The van der Waals surface area contributed by atoms with Crippen LogP contribution in [0.25, 0.3) is 6.08 Å². The van der Waals surface area contributed by atoms with Crippen LogP contribution in [0.5, 0.6) is 11.5 Å². The highest BCUT2D eigenvalue weighted by atomic mass is 16.6. The van der Waals surface area contributed by atoms with Crippen molar-refractivity contribution in [1.29, 1.82) is 0 Å². The summed E-state index contributed by atoms with van der Waals surface area (Å²) in [5.74, 6) is 0.110. The lowest BCUT2D eigenvalue weighted by atomic mass is 10.2. The molecule has 1 fully saturated rings. The molecule has 1 saturated carbocycles. The fourth-order valence-corrected chi connectivity index (χ4v) is 2.91. The maximum Gasteiger partial charge on any atom is 0.344 e. The number of esters is 1. The minimum atomic E-state index is -0.842. The topological polar surface area (TPSA) is 73.9 Å². The van der Waals surface area contributed by atoms with Crippen LogP contribution in [0.15, 0.2) is 24.3 Å². The Morgan fingerprint density at radius 1 is 1.27 bits per heavy atom. The third kappa shape index (κ3) is 5.79. The highest BCUT2D eigenvalue weighted by molar-refractivity contribution is 5.84. The van der Waals surface area contributed by atoms with Crippen LogP contribution in [0.2, 0.25) is 0 Å². The summed E-state index contributed by atoms with van der Waals surface area (Å²) in [7, 11) is 1.54. The summed E-state index contributed by atoms with van der Waals surface area (Å²) in [6.45, 7) is 3.20. The molecule has 1 aromatic carbocycles. The number of benzene rings is 1. The van der Waals surface area contributed by atoms with Gasteiger partial charge < -0.3 is 19.5 Å². The number of carbonyl (C=O) groups is 2. The van der Waals surface area contributed by atoms with Crippen LogP contribution in [0.3, 0.4) is 0 Å². The van der Waals surface area contributed by atoms with E-state index in [1.807, 2.05) is 31.2 Å². The molecule has 0 bridgehead atoms. The standard InChI is InChI=1S/C20H27NO5/c1-4-7-15-10-11-17(18(12-15)24-3)25-13-19(22)26-14(2)20(23)21-16-8-5-6-9-16/h4,7,10-12,14,16H,5-6,8-9,13H2,1-3H3,(H,21,23)/b7-4+/t14-/m0/s1. The van der Waals surface area contributed by atoms with Gasteiger partial charge in [0.1, 0.15) is 0 Å². The summed E-state index contributed by atoms with van der Waals surface area (Å²) in [5.41, 5.74) is 0.969. The van der Waals surface area contributed by atoms with Crippen LogP contribution in [0.1, 0.15) is 45.1 Å². The molecule has 0 heterocycles. The Labute approximate surface area is 154 Å². The Balaban J connectivity index is 1.83. The first-order chi connectivity index (χ1) is 12.5. The number of hydrogen-bond donors (Lipinski definition) is 1. The summed E-state index contributed by atoms with van der Waals surface area (Å²) >= 11 is 0. The first kappa shape index (κ1) is 19.8. The van der Waals surface area contributed by atoms with E-state index >= 15 is 0 Å². The summed E-state index contributed by atoms with van der Waals surface area (Å²) < 4.78 is 15.9. The van der Waals surface area contributed by atoms with Crippen molar-refractivity contribution in [3.05, 3.63) is 29.8 Å². The van der Waals surface area contributed by atoms with Gasteiger partial charge in [0.05, 0.1) is 7.11 Å². The van der Waals surface area contributed by atoms with E-state index in [4.69, 9.17) is 14.2 Å². The fraction of sp³-hybridized carbons (Fsp3) is 0.500. The molecule has 6 heteroatoms. The van der Waals surface area contributed by atoms with Crippen LogP contribution >= 0.6 is 0 Å². The van der Waals surface area contributed by atoms with Crippen molar-refractivity contribution in [2.45, 2.75) is 51.7 Å². The summed E-state index contributed by atoms with van der Waals surface area (Å²) in [4.78, 5) is 24.0. The van der Waals surface area contributed by atoms with Crippen molar-refractivity contribution >= 4 is 18.0 Å². The zero-order valence-electron chi connectivity index (χ0n) is 15.6. The van der Waals surface area contributed by atoms with Gasteiger partial charge in [-0.3, -0.25) is 4.79 Å². The van der Waals surface area contributed by atoms with Gasteiger partial charge in [-0.05, 0) is 44.4 Å². The van der Waals surface area contributed by atoms with Crippen LogP contribution in [0.4, 0.5) is 0 Å². The monoisotopic (exact) mass is 361 g/mol. The predicted octanol–water partition coefficient (Wildman–Crippen LogP) is 3.10. The molecule has 1 amide bonds. The first-order valence-electron chi connectivity index (χ1n) is 8.97. The minimum absolute atomic E-state index is 0.194. The number of nitrogens with one attached hydrogen (secondary N) is 1. The number of allylic oxidation sites excluding steroid dienone is 1. The van der Waals surface area contributed by atoms with Gasteiger partial charge in [-0.25, -0.2) is 4.79 Å².